The minimum absolute atomic E-state index is 0.130. The Morgan fingerprint density at radius 1 is 1.33 bits per heavy atom. The Morgan fingerprint density at radius 3 is 2.50 bits per heavy atom. The lowest BCUT2D eigenvalue weighted by atomic mass is 9.77. The fraction of sp³-hybridized carbons (Fsp3) is 0.600. The molecule has 18 heavy (non-hydrogen) atoms. The van der Waals surface area contributed by atoms with Crippen molar-refractivity contribution in [1.82, 2.24) is 4.90 Å². The standard InChI is InChI=1S/C15H26N2O/c1-15(2,9-10-16)14(17(3)4)12-7-6-8-13(11-12)18-5/h6-8,11,14H,9-10,16H2,1-5H3. The summed E-state index contributed by atoms with van der Waals surface area (Å²) in [6.45, 7) is 5.25. The quantitative estimate of drug-likeness (QED) is 0.843. The van der Waals surface area contributed by atoms with Gasteiger partial charge < -0.3 is 15.4 Å². The Morgan fingerprint density at radius 2 is 2.00 bits per heavy atom. The molecular weight excluding hydrogens is 224 g/mol. The van der Waals surface area contributed by atoms with E-state index in [9.17, 15) is 0 Å². The van der Waals surface area contributed by atoms with Crippen molar-refractivity contribution in [3.63, 3.8) is 0 Å². The van der Waals surface area contributed by atoms with E-state index in [0.717, 1.165) is 12.2 Å². The van der Waals surface area contributed by atoms with Gasteiger partial charge in [-0.15, -0.1) is 0 Å². The third kappa shape index (κ3) is 3.47. The van der Waals surface area contributed by atoms with Gasteiger partial charge in [-0.3, -0.25) is 0 Å². The Balaban J connectivity index is 3.11. The highest BCUT2D eigenvalue weighted by atomic mass is 16.5. The lowest BCUT2D eigenvalue weighted by Crippen LogP contribution is -2.35. The summed E-state index contributed by atoms with van der Waals surface area (Å²) in [6.07, 6.45) is 0.993. The van der Waals surface area contributed by atoms with Gasteiger partial charge in [-0.2, -0.15) is 0 Å². The van der Waals surface area contributed by atoms with Crippen molar-refractivity contribution in [2.75, 3.05) is 27.7 Å². The lowest BCUT2D eigenvalue weighted by Gasteiger charge is -2.39. The van der Waals surface area contributed by atoms with Gasteiger partial charge in [0.15, 0.2) is 0 Å². The van der Waals surface area contributed by atoms with Crippen molar-refractivity contribution >= 4 is 0 Å². The molecule has 0 aliphatic heterocycles. The van der Waals surface area contributed by atoms with Crippen LogP contribution in [0, 0.1) is 5.41 Å². The zero-order chi connectivity index (χ0) is 13.8. The predicted octanol–water partition coefficient (Wildman–Crippen LogP) is 2.67. The summed E-state index contributed by atoms with van der Waals surface area (Å²) in [5.74, 6) is 0.905. The molecule has 0 saturated heterocycles. The summed E-state index contributed by atoms with van der Waals surface area (Å²) in [4.78, 5) is 2.25. The first-order valence-electron chi connectivity index (χ1n) is 6.43. The first kappa shape index (κ1) is 15.0. The van der Waals surface area contributed by atoms with Crippen LogP contribution in [0.4, 0.5) is 0 Å². The van der Waals surface area contributed by atoms with Gasteiger partial charge in [0.2, 0.25) is 0 Å². The van der Waals surface area contributed by atoms with E-state index in [-0.39, 0.29) is 5.41 Å². The summed E-state index contributed by atoms with van der Waals surface area (Å²) in [6, 6.07) is 8.63. The number of nitrogens with zero attached hydrogens (tertiary/aromatic N) is 1. The molecule has 0 amide bonds. The minimum atomic E-state index is 0.130. The van der Waals surface area contributed by atoms with E-state index in [2.05, 4.69) is 45.0 Å². The van der Waals surface area contributed by atoms with Gasteiger partial charge in [-0.1, -0.05) is 26.0 Å². The van der Waals surface area contributed by atoms with Crippen molar-refractivity contribution in [3.8, 4) is 5.75 Å². The van der Waals surface area contributed by atoms with Gasteiger partial charge in [0.25, 0.3) is 0 Å². The molecular formula is C15H26N2O. The van der Waals surface area contributed by atoms with Gasteiger partial charge in [0, 0.05) is 6.04 Å². The zero-order valence-electron chi connectivity index (χ0n) is 12.2. The SMILES string of the molecule is COc1cccc(C(N(C)C)C(C)(C)CCN)c1. The molecule has 0 bridgehead atoms. The molecule has 0 spiro atoms. The van der Waals surface area contributed by atoms with Gasteiger partial charge in [0.1, 0.15) is 5.75 Å². The van der Waals surface area contributed by atoms with Gasteiger partial charge >= 0.3 is 0 Å². The maximum Gasteiger partial charge on any atom is 0.119 e. The van der Waals surface area contributed by atoms with Crippen LogP contribution in [-0.4, -0.2) is 32.6 Å². The molecule has 0 heterocycles. The van der Waals surface area contributed by atoms with Crippen molar-refractivity contribution in [1.29, 1.82) is 0 Å². The first-order chi connectivity index (χ1) is 8.42. The summed E-state index contributed by atoms with van der Waals surface area (Å²) in [5.41, 5.74) is 7.15. The van der Waals surface area contributed by atoms with Crippen LogP contribution < -0.4 is 10.5 Å². The smallest absolute Gasteiger partial charge is 0.119 e. The van der Waals surface area contributed by atoms with Crippen LogP contribution in [0.5, 0.6) is 5.75 Å². The van der Waals surface area contributed by atoms with E-state index >= 15 is 0 Å². The average molecular weight is 250 g/mol. The van der Waals surface area contributed by atoms with Crippen LogP contribution in [0.3, 0.4) is 0 Å². The fourth-order valence-corrected chi connectivity index (χ4v) is 2.77. The predicted molar refractivity (Wildman–Crippen MR) is 76.9 cm³/mol. The van der Waals surface area contributed by atoms with E-state index in [1.54, 1.807) is 7.11 Å². The minimum Gasteiger partial charge on any atom is -0.497 e. The van der Waals surface area contributed by atoms with Crippen LogP contribution in [0.25, 0.3) is 0 Å². The second-order valence-electron chi connectivity index (χ2n) is 5.67. The van der Waals surface area contributed by atoms with Crippen LogP contribution in [0.1, 0.15) is 31.9 Å². The van der Waals surface area contributed by atoms with Crippen LogP contribution in [-0.2, 0) is 0 Å². The van der Waals surface area contributed by atoms with Crippen molar-refractivity contribution in [3.05, 3.63) is 29.8 Å². The Labute approximate surface area is 111 Å². The van der Waals surface area contributed by atoms with Crippen molar-refractivity contribution in [2.24, 2.45) is 11.1 Å². The Kier molecular flexibility index (Phi) is 5.17. The van der Waals surface area contributed by atoms with E-state index in [0.29, 0.717) is 12.6 Å². The van der Waals surface area contributed by atoms with Gasteiger partial charge in [-0.05, 0) is 50.2 Å². The molecule has 0 radical (unpaired) electrons. The zero-order valence-corrected chi connectivity index (χ0v) is 12.2. The molecule has 2 N–H and O–H groups in total. The normalized spacial score (nSPS) is 13.7. The molecule has 3 nitrogen and oxygen atoms in total. The van der Waals surface area contributed by atoms with Gasteiger partial charge in [-0.25, -0.2) is 0 Å². The topological polar surface area (TPSA) is 38.5 Å². The third-order valence-electron chi connectivity index (χ3n) is 3.45. The number of ether oxygens (including phenoxy) is 1. The Hall–Kier alpha value is -1.06. The second kappa shape index (κ2) is 6.21. The molecule has 3 heteroatoms. The molecule has 0 fully saturated rings. The van der Waals surface area contributed by atoms with E-state index in [4.69, 9.17) is 10.5 Å². The summed E-state index contributed by atoms with van der Waals surface area (Å²) in [5, 5.41) is 0. The number of hydrogen-bond donors (Lipinski definition) is 1. The highest BCUT2D eigenvalue weighted by Crippen LogP contribution is 2.40. The molecule has 1 atom stereocenters. The number of benzene rings is 1. The van der Waals surface area contributed by atoms with Crippen molar-refractivity contribution in [2.45, 2.75) is 26.3 Å². The largest absolute Gasteiger partial charge is 0.497 e. The van der Waals surface area contributed by atoms with E-state index in [1.807, 2.05) is 12.1 Å². The third-order valence-corrected chi connectivity index (χ3v) is 3.45. The van der Waals surface area contributed by atoms with E-state index < -0.39 is 0 Å². The maximum absolute atomic E-state index is 5.74. The monoisotopic (exact) mass is 250 g/mol. The molecule has 1 aromatic rings. The van der Waals surface area contributed by atoms with Crippen LogP contribution >= 0.6 is 0 Å². The molecule has 102 valence electrons. The highest BCUT2D eigenvalue weighted by molar-refractivity contribution is 5.31. The molecule has 1 aromatic carbocycles. The number of nitrogens with two attached hydrogens (primary N) is 1. The maximum atomic E-state index is 5.74. The van der Waals surface area contributed by atoms with E-state index in [1.165, 1.54) is 5.56 Å². The van der Waals surface area contributed by atoms with Gasteiger partial charge in [0.05, 0.1) is 7.11 Å². The first-order valence-corrected chi connectivity index (χ1v) is 6.43. The van der Waals surface area contributed by atoms with Crippen LogP contribution in [0.15, 0.2) is 24.3 Å². The molecule has 0 aromatic heterocycles. The molecule has 1 unspecified atom stereocenters. The summed E-state index contributed by atoms with van der Waals surface area (Å²) >= 11 is 0. The number of methoxy groups -OCH3 is 1. The Bertz CT molecular complexity index is 375. The molecule has 1 rings (SSSR count). The fourth-order valence-electron chi connectivity index (χ4n) is 2.77. The molecule has 0 aliphatic rings. The lowest BCUT2D eigenvalue weighted by molar-refractivity contribution is 0.128. The molecule has 0 aliphatic carbocycles. The second-order valence-corrected chi connectivity index (χ2v) is 5.67. The number of rotatable bonds is 6. The average Bonchev–Trinajstić information content (AvgIpc) is 2.28. The van der Waals surface area contributed by atoms with Crippen LogP contribution in [0.2, 0.25) is 0 Å². The molecule has 0 saturated carbocycles. The number of hydrogen-bond acceptors (Lipinski definition) is 3. The summed E-state index contributed by atoms with van der Waals surface area (Å²) in [7, 11) is 5.93. The summed E-state index contributed by atoms with van der Waals surface area (Å²) < 4.78 is 5.31. The van der Waals surface area contributed by atoms with Crippen molar-refractivity contribution < 1.29 is 4.74 Å². The highest BCUT2D eigenvalue weighted by Gasteiger charge is 2.31.